The zero-order valence-electron chi connectivity index (χ0n) is 8.41. The fraction of sp³-hybridized carbons (Fsp3) is 0.300. The van der Waals surface area contributed by atoms with E-state index in [4.69, 9.17) is 5.11 Å². The van der Waals surface area contributed by atoms with Crippen LogP contribution in [-0.2, 0) is 4.79 Å². The molecular formula is C10H10F2O4. The predicted octanol–water partition coefficient (Wildman–Crippen LogP) is 1.48. The number of carboxylic acids is 1. The molecule has 0 spiro atoms. The topological polar surface area (TPSA) is 66.8 Å². The summed E-state index contributed by atoms with van der Waals surface area (Å²) < 4.78 is 30.8. The summed E-state index contributed by atoms with van der Waals surface area (Å²) in [4.78, 5) is 10.4. The number of halogens is 2. The standard InChI is InChI=1S/C10H10F2O4/c1-16-8-3-5(11)2-6(12)10(8)7(13)4-9(14)15/h2-3,7,13H,4H2,1H3,(H,14,15). The maximum absolute atomic E-state index is 13.3. The van der Waals surface area contributed by atoms with E-state index in [0.717, 1.165) is 6.07 Å². The third kappa shape index (κ3) is 2.66. The first kappa shape index (κ1) is 12.4. The van der Waals surface area contributed by atoms with E-state index in [0.29, 0.717) is 6.07 Å². The van der Waals surface area contributed by atoms with E-state index in [1.165, 1.54) is 7.11 Å². The third-order valence-corrected chi connectivity index (χ3v) is 1.98. The van der Waals surface area contributed by atoms with Crippen LogP contribution < -0.4 is 4.74 Å². The van der Waals surface area contributed by atoms with Gasteiger partial charge in [0.05, 0.1) is 25.2 Å². The Kier molecular flexibility index (Phi) is 3.78. The molecule has 0 amide bonds. The van der Waals surface area contributed by atoms with E-state index in [2.05, 4.69) is 4.74 Å². The summed E-state index contributed by atoms with van der Waals surface area (Å²) in [6, 6.07) is 1.44. The van der Waals surface area contributed by atoms with Crippen molar-refractivity contribution in [2.24, 2.45) is 0 Å². The number of hydrogen-bond acceptors (Lipinski definition) is 3. The SMILES string of the molecule is COc1cc(F)cc(F)c1C(O)CC(=O)O. The van der Waals surface area contributed by atoms with Crippen LogP contribution in [0.15, 0.2) is 12.1 Å². The molecule has 1 aromatic rings. The molecule has 4 nitrogen and oxygen atoms in total. The second-order valence-corrected chi connectivity index (χ2v) is 3.12. The Labute approximate surface area is 90.1 Å². The first-order valence-electron chi connectivity index (χ1n) is 4.38. The van der Waals surface area contributed by atoms with Crippen molar-refractivity contribution in [1.29, 1.82) is 0 Å². The lowest BCUT2D eigenvalue weighted by Crippen LogP contribution is -2.09. The Morgan fingerprint density at radius 2 is 2.12 bits per heavy atom. The van der Waals surface area contributed by atoms with Gasteiger partial charge >= 0.3 is 5.97 Å². The lowest BCUT2D eigenvalue weighted by atomic mass is 10.0. The van der Waals surface area contributed by atoms with E-state index in [-0.39, 0.29) is 11.3 Å². The Hall–Kier alpha value is -1.69. The van der Waals surface area contributed by atoms with E-state index >= 15 is 0 Å². The maximum Gasteiger partial charge on any atom is 0.306 e. The first-order chi connectivity index (χ1) is 7.45. The molecule has 0 radical (unpaired) electrons. The Morgan fingerprint density at radius 1 is 1.50 bits per heavy atom. The number of carbonyl (C=O) groups is 1. The van der Waals surface area contributed by atoms with Gasteiger partial charge in [0.1, 0.15) is 17.4 Å². The molecule has 88 valence electrons. The molecular weight excluding hydrogens is 222 g/mol. The van der Waals surface area contributed by atoms with Gasteiger partial charge in [-0.1, -0.05) is 0 Å². The smallest absolute Gasteiger partial charge is 0.306 e. The Balaban J connectivity index is 3.15. The second kappa shape index (κ2) is 4.89. The van der Waals surface area contributed by atoms with Crippen LogP contribution in [0.25, 0.3) is 0 Å². The maximum atomic E-state index is 13.3. The van der Waals surface area contributed by atoms with E-state index < -0.39 is 30.1 Å². The van der Waals surface area contributed by atoms with Crippen LogP contribution in [0.3, 0.4) is 0 Å². The van der Waals surface area contributed by atoms with Crippen LogP contribution in [0.4, 0.5) is 8.78 Å². The van der Waals surface area contributed by atoms with Gasteiger partial charge in [-0.05, 0) is 0 Å². The molecule has 1 atom stereocenters. The highest BCUT2D eigenvalue weighted by Crippen LogP contribution is 2.30. The number of hydrogen-bond donors (Lipinski definition) is 2. The number of aliphatic hydroxyl groups is 1. The Morgan fingerprint density at radius 3 is 2.62 bits per heavy atom. The van der Waals surface area contributed by atoms with Crippen LogP contribution in [0.2, 0.25) is 0 Å². The van der Waals surface area contributed by atoms with Gasteiger partial charge in [-0.2, -0.15) is 0 Å². The number of aliphatic hydroxyl groups excluding tert-OH is 1. The molecule has 0 aliphatic carbocycles. The minimum absolute atomic E-state index is 0.216. The monoisotopic (exact) mass is 232 g/mol. The zero-order chi connectivity index (χ0) is 12.3. The summed E-state index contributed by atoms with van der Waals surface area (Å²) in [7, 11) is 1.17. The van der Waals surface area contributed by atoms with Gasteiger partial charge in [-0.25, -0.2) is 8.78 Å². The molecule has 1 aromatic carbocycles. The molecule has 0 fully saturated rings. The van der Waals surface area contributed by atoms with Crippen molar-refractivity contribution in [3.63, 3.8) is 0 Å². The molecule has 2 N–H and O–H groups in total. The summed E-state index contributed by atoms with van der Waals surface area (Å²) in [6.07, 6.45) is -2.26. The van der Waals surface area contributed by atoms with Gasteiger partial charge in [-0.3, -0.25) is 4.79 Å². The molecule has 0 bridgehead atoms. The van der Waals surface area contributed by atoms with E-state index in [9.17, 15) is 18.7 Å². The molecule has 1 unspecified atom stereocenters. The summed E-state index contributed by atoms with van der Waals surface area (Å²) in [6.45, 7) is 0. The summed E-state index contributed by atoms with van der Waals surface area (Å²) in [5, 5.41) is 17.9. The minimum Gasteiger partial charge on any atom is -0.496 e. The molecule has 0 aromatic heterocycles. The summed E-state index contributed by atoms with van der Waals surface area (Å²) in [5.41, 5.74) is -0.355. The normalized spacial score (nSPS) is 12.2. The highest BCUT2D eigenvalue weighted by Gasteiger charge is 2.22. The number of ether oxygens (including phenoxy) is 1. The van der Waals surface area contributed by atoms with Gasteiger partial charge in [-0.15, -0.1) is 0 Å². The van der Waals surface area contributed by atoms with Crippen LogP contribution in [0, 0.1) is 11.6 Å². The van der Waals surface area contributed by atoms with Crippen molar-refractivity contribution in [2.45, 2.75) is 12.5 Å². The van der Waals surface area contributed by atoms with Gasteiger partial charge in [0.2, 0.25) is 0 Å². The van der Waals surface area contributed by atoms with Crippen molar-refractivity contribution in [3.05, 3.63) is 29.3 Å². The largest absolute Gasteiger partial charge is 0.496 e. The van der Waals surface area contributed by atoms with E-state index in [1.807, 2.05) is 0 Å². The highest BCUT2D eigenvalue weighted by molar-refractivity contribution is 5.68. The Bertz CT molecular complexity index is 406. The van der Waals surface area contributed by atoms with Crippen molar-refractivity contribution in [3.8, 4) is 5.75 Å². The average molecular weight is 232 g/mol. The fourth-order valence-corrected chi connectivity index (χ4v) is 1.32. The van der Waals surface area contributed by atoms with Gasteiger partial charge < -0.3 is 14.9 Å². The van der Waals surface area contributed by atoms with Crippen LogP contribution in [0.1, 0.15) is 18.1 Å². The molecule has 16 heavy (non-hydrogen) atoms. The first-order valence-corrected chi connectivity index (χ1v) is 4.38. The van der Waals surface area contributed by atoms with Crippen molar-refractivity contribution < 1.29 is 28.5 Å². The number of rotatable bonds is 4. The van der Waals surface area contributed by atoms with Crippen LogP contribution in [0.5, 0.6) is 5.75 Å². The van der Waals surface area contributed by atoms with Crippen molar-refractivity contribution >= 4 is 5.97 Å². The van der Waals surface area contributed by atoms with Gasteiger partial charge in [0.15, 0.2) is 0 Å². The van der Waals surface area contributed by atoms with Gasteiger partial charge in [0.25, 0.3) is 0 Å². The molecule has 0 heterocycles. The molecule has 1 rings (SSSR count). The van der Waals surface area contributed by atoms with Crippen LogP contribution in [-0.4, -0.2) is 23.3 Å². The van der Waals surface area contributed by atoms with Crippen LogP contribution >= 0.6 is 0 Å². The summed E-state index contributed by atoms with van der Waals surface area (Å²) >= 11 is 0. The molecule has 0 aliphatic rings. The quantitative estimate of drug-likeness (QED) is 0.825. The number of aliphatic carboxylic acids is 1. The number of benzene rings is 1. The number of methoxy groups -OCH3 is 1. The minimum atomic E-state index is -1.58. The molecule has 0 saturated heterocycles. The lowest BCUT2D eigenvalue weighted by Gasteiger charge is -2.14. The van der Waals surface area contributed by atoms with E-state index in [1.54, 1.807) is 0 Å². The molecule has 0 aliphatic heterocycles. The number of carboxylic acid groups (broad SMARTS) is 1. The highest BCUT2D eigenvalue weighted by atomic mass is 19.1. The lowest BCUT2D eigenvalue weighted by molar-refractivity contribution is -0.139. The zero-order valence-corrected chi connectivity index (χ0v) is 8.41. The van der Waals surface area contributed by atoms with Crippen molar-refractivity contribution in [1.82, 2.24) is 0 Å². The molecule has 0 saturated carbocycles. The van der Waals surface area contributed by atoms with Crippen molar-refractivity contribution in [2.75, 3.05) is 7.11 Å². The van der Waals surface area contributed by atoms with Gasteiger partial charge in [0, 0.05) is 12.1 Å². The average Bonchev–Trinajstić information content (AvgIpc) is 2.14. The fourth-order valence-electron chi connectivity index (χ4n) is 1.32. The predicted molar refractivity (Wildman–Crippen MR) is 50.1 cm³/mol. The molecule has 6 heteroatoms. The third-order valence-electron chi connectivity index (χ3n) is 1.98. The summed E-state index contributed by atoms with van der Waals surface area (Å²) in [5.74, 6) is -3.41. The second-order valence-electron chi connectivity index (χ2n) is 3.12.